The van der Waals surface area contributed by atoms with Gasteiger partial charge >= 0.3 is 0 Å². The molecule has 1 heterocycles. The fourth-order valence-electron chi connectivity index (χ4n) is 1.75. The molecule has 14 heavy (non-hydrogen) atoms. The monoisotopic (exact) mass is 199 g/mol. The van der Waals surface area contributed by atoms with E-state index in [4.69, 9.17) is 5.11 Å². The zero-order chi connectivity index (χ0) is 10.9. The number of hydrogen-bond acceptors (Lipinski definition) is 3. The van der Waals surface area contributed by atoms with Crippen LogP contribution in [0.5, 0.6) is 0 Å². The molecule has 1 rings (SSSR count). The maximum atomic E-state index is 11.6. The van der Waals surface area contributed by atoms with E-state index in [1.807, 2.05) is 13.8 Å². The summed E-state index contributed by atoms with van der Waals surface area (Å²) in [6, 6.07) is -0.361. The smallest absolute Gasteiger partial charge is 0.232 e. The molecule has 2 amide bonds. The highest BCUT2D eigenvalue weighted by atomic mass is 16.3. The third kappa shape index (κ3) is 1.80. The summed E-state index contributed by atoms with van der Waals surface area (Å²) in [4.78, 5) is 24.3. The maximum Gasteiger partial charge on any atom is 0.232 e. The molecule has 2 atom stereocenters. The summed E-state index contributed by atoms with van der Waals surface area (Å²) in [7, 11) is 0. The Labute approximate surface area is 83.9 Å². The summed E-state index contributed by atoms with van der Waals surface area (Å²) < 4.78 is 0. The minimum absolute atomic E-state index is 0.0956. The number of nitrogens with zero attached hydrogens (tertiary/aromatic N) is 1. The van der Waals surface area contributed by atoms with Crippen LogP contribution in [0, 0.1) is 11.8 Å². The average molecular weight is 199 g/mol. The number of likely N-dealkylation sites (tertiary alicyclic amines) is 1. The Morgan fingerprint density at radius 3 is 2.36 bits per heavy atom. The van der Waals surface area contributed by atoms with Crippen LogP contribution >= 0.6 is 0 Å². The highest BCUT2D eigenvalue weighted by Gasteiger charge is 2.40. The Kier molecular flexibility index (Phi) is 3.26. The van der Waals surface area contributed by atoms with Crippen LogP contribution in [0.15, 0.2) is 0 Å². The molecule has 2 unspecified atom stereocenters. The van der Waals surface area contributed by atoms with Crippen LogP contribution in [0.25, 0.3) is 0 Å². The molecule has 1 fully saturated rings. The van der Waals surface area contributed by atoms with Crippen LogP contribution in [0.2, 0.25) is 0 Å². The van der Waals surface area contributed by atoms with Gasteiger partial charge in [0.25, 0.3) is 0 Å². The van der Waals surface area contributed by atoms with Gasteiger partial charge in [-0.15, -0.1) is 0 Å². The lowest BCUT2D eigenvalue weighted by molar-refractivity contribution is -0.144. The second-order valence-corrected chi connectivity index (χ2v) is 4.20. The van der Waals surface area contributed by atoms with E-state index in [1.54, 1.807) is 6.92 Å². The topological polar surface area (TPSA) is 57.6 Å². The van der Waals surface area contributed by atoms with Gasteiger partial charge in [0.05, 0.1) is 12.6 Å². The second-order valence-electron chi connectivity index (χ2n) is 4.20. The first-order valence-corrected chi connectivity index (χ1v) is 4.95. The van der Waals surface area contributed by atoms with Crippen LogP contribution in [-0.2, 0) is 9.59 Å². The van der Waals surface area contributed by atoms with E-state index in [1.165, 1.54) is 4.90 Å². The van der Waals surface area contributed by atoms with Crippen molar-refractivity contribution < 1.29 is 14.7 Å². The third-order valence-corrected chi connectivity index (χ3v) is 2.70. The molecule has 0 aromatic rings. The molecule has 0 aromatic heterocycles. The summed E-state index contributed by atoms with van der Waals surface area (Å²) in [5.74, 6) is -0.438. The number of amides is 2. The predicted molar refractivity (Wildman–Crippen MR) is 51.3 cm³/mol. The van der Waals surface area contributed by atoms with E-state index in [2.05, 4.69) is 0 Å². The van der Waals surface area contributed by atoms with Crippen LogP contribution in [0.1, 0.15) is 27.2 Å². The van der Waals surface area contributed by atoms with Gasteiger partial charge < -0.3 is 5.11 Å². The zero-order valence-electron chi connectivity index (χ0n) is 8.86. The van der Waals surface area contributed by atoms with Gasteiger partial charge in [0.15, 0.2) is 0 Å². The highest BCUT2D eigenvalue weighted by Crippen LogP contribution is 2.24. The van der Waals surface area contributed by atoms with E-state index in [-0.39, 0.29) is 42.7 Å². The number of aliphatic hydroxyl groups is 1. The fraction of sp³-hybridized carbons (Fsp3) is 0.800. The van der Waals surface area contributed by atoms with Crippen molar-refractivity contribution in [2.75, 3.05) is 6.61 Å². The molecule has 4 nitrogen and oxygen atoms in total. The highest BCUT2D eigenvalue weighted by molar-refractivity contribution is 6.03. The minimum atomic E-state index is -0.361. The maximum absolute atomic E-state index is 11.6. The van der Waals surface area contributed by atoms with Gasteiger partial charge in [-0.25, -0.2) is 0 Å². The second kappa shape index (κ2) is 4.09. The normalized spacial score (nSPS) is 24.9. The van der Waals surface area contributed by atoms with E-state index >= 15 is 0 Å². The van der Waals surface area contributed by atoms with Gasteiger partial charge in [-0.1, -0.05) is 20.8 Å². The molecule has 0 aliphatic carbocycles. The Balaban J connectivity index is 2.85. The molecule has 1 N–H and O–H groups in total. The summed E-state index contributed by atoms with van der Waals surface area (Å²) in [6.45, 7) is 5.38. The van der Waals surface area contributed by atoms with Crippen LogP contribution in [0.3, 0.4) is 0 Å². The fourth-order valence-corrected chi connectivity index (χ4v) is 1.75. The quantitative estimate of drug-likeness (QED) is 0.669. The molecule has 1 aliphatic heterocycles. The van der Waals surface area contributed by atoms with Crippen molar-refractivity contribution in [1.29, 1.82) is 0 Å². The van der Waals surface area contributed by atoms with E-state index < -0.39 is 0 Å². The zero-order valence-corrected chi connectivity index (χ0v) is 8.86. The molecule has 0 spiro atoms. The van der Waals surface area contributed by atoms with Gasteiger partial charge in [0.2, 0.25) is 11.8 Å². The molecular formula is C10H17NO3. The van der Waals surface area contributed by atoms with Crippen molar-refractivity contribution in [2.24, 2.45) is 11.8 Å². The number of carbonyl (C=O) groups excluding carboxylic acids is 2. The van der Waals surface area contributed by atoms with Crippen LogP contribution < -0.4 is 0 Å². The van der Waals surface area contributed by atoms with Crippen LogP contribution in [-0.4, -0.2) is 34.5 Å². The van der Waals surface area contributed by atoms with Crippen molar-refractivity contribution >= 4 is 11.8 Å². The molecule has 80 valence electrons. The summed E-state index contributed by atoms with van der Waals surface area (Å²) in [5, 5.41) is 9.13. The van der Waals surface area contributed by atoms with E-state index in [0.717, 1.165) is 0 Å². The van der Waals surface area contributed by atoms with Crippen molar-refractivity contribution in [3.8, 4) is 0 Å². The molecular weight excluding hydrogens is 182 g/mol. The Bertz CT molecular complexity index is 250. The third-order valence-electron chi connectivity index (χ3n) is 2.70. The first kappa shape index (κ1) is 11.2. The lowest BCUT2D eigenvalue weighted by Crippen LogP contribution is -2.45. The molecule has 4 heteroatoms. The standard InChI is InChI=1S/C10H17NO3/c1-6(2)8(5-12)11-9(13)4-7(3)10(11)14/h6-8,12H,4-5H2,1-3H3. The Hall–Kier alpha value is -0.900. The first-order chi connectivity index (χ1) is 6.49. The minimum Gasteiger partial charge on any atom is -0.394 e. The number of imide groups is 1. The van der Waals surface area contributed by atoms with E-state index in [9.17, 15) is 9.59 Å². The Morgan fingerprint density at radius 2 is 2.07 bits per heavy atom. The molecule has 1 saturated heterocycles. The van der Waals surface area contributed by atoms with Crippen molar-refractivity contribution in [1.82, 2.24) is 4.90 Å². The van der Waals surface area contributed by atoms with Crippen molar-refractivity contribution in [3.63, 3.8) is 0 Å². The molecule has 1 aliphatic rings. The average Bonchev–Trinajstić information content (AvgIpc) is 2.32. The Morgan fingerprint density at radius 1 is 1.50 bits per heavy atom. The lowest BCUT2D eigenvalue weighted by Gasteiger charge is -2.27. The molecule has 0 bridgehead atoms. The van der Waals surface area contributed by atoms with Crippen LogP contribution in [0.4, 0.5) is 0 Å². The van der Waals surface area contributed by atoms with Gasteiger partial charge in [-0.3, -0.25) is 14.5 Å². The molecule has 0 radical (unpaired) electrons. The number of hydrogen-bond donors (Lipinski definition) is 1. The van der Waals surface area contributed by atoms with Crippen molar-refractivity contribution in [3.05, 3.63) is 0 Å². The van der Waals surface area contributed by atoms with Gasteiger partial charge in [0, 0.05) is 12.3 Å². The summed E-state index contributed by atoms with van der Waals surface area (Å²) in [5.41, 5.74) is 0. The largest absolute Gasteiger partial charge is 0.394 e. The van der Waals surface area contributed by atoms with E-state index in [0.29, 0.717) is 0 Å². The number of rotatable bonds is 3. The predicted octanol–water partition coefficient (Wildman–Crippen LogP) is 0.398. The summed E-state index contributed by atoms with van der Waals surface area (Å²) >= 11 is 0. The van der Waals surface area contributed by atoms with Gasteiger partial charge in [-0.05, 0) is 5.92 Å². The lowest BCUT2D eigenvalue weighted by atomic mass is 10.0. The first-order valence-electron chi connectivity index (χ1n) is 4.95. The summed E-state index contributed by atoms with van der Waals surface area (Å²) in [6.07, 6.45) is 0.280. The molecule has 0 aromatic carbocycles. The molecule has 0 saturated carbocycles. The number of aliphatic hydroxyl groups excluding tert-OH is 1. The number of carbonyl (C=O) groups is 2. The van der Waals surface area contributed by atoms with Crippen molar-refractivity contribution in [2.45, 2.75) is 33.2 Å². The van der Waals surface area contributed by atoms with Gasteiger partial charge in [-0.2, -0.15) is 0 Å². The SMILES string of the molecule is CC1CC(=O)N(C(CO)C(C)C)C1=O. The van der Waals surface area contributed by atoms with Gasteiger partial charge in [0.1, 0.15) is 0 Å².